The fourth-order valence-electron chi connectivity index (χ4n) is 0.998. The molecule has 0 radical (unpaired) electrons. The van der Waals surface area contributed by atoms with Crippen molar-refractivity contribution in [1.82, 2.24) is 4.98 Å². The first-order valence-corrected chi connectivity index (χ1v) is 4.00. The molecule has 2 N–H and O–H groups in total. The van der Waals surface area contributed by atoms with Crippen LogP contribution in [0.5, 0.6) is 0 Å². The van der Waals surface area contributed by atoms with Crippen LogP contribution in [0.15, 0.2) is 29.6 Å². The van der Waals surface area contributed by atoms with Crippen molar-refractivity contribution >= 4 is 5.71 Å². The molecule has 70 valence electrons. The molecular formula is C9H12N2O2. The molecule has 1 atom stereocenters. The maximum absolute atomic E-state index is 9.57. The van der Waals surface area contributed by atoms with Crippen molar-refractivity contribution in [2.24, 2.45) is 5.16 Å². The van der Waals surface area contributed by atoms with E-state index < -0.39 is 6.10 Å². The van der Waals surface area contributed by atoms with Gasteiger partial charge in [-0.05, 0) is 19.1 Å². The summed E-state index contributed by atoms with van der Waals surface area (Å²) in [5.41, 5.74) is 1.07. The molecule has 0 bridgehead atoms. The summed E-state index contributed by atoms with van der Waals surface area (Å²) in [6, 6.07) is 5.31. The Kier molecular flexibility index (Phi) is 3.40. The van der Waals surface area contributed by atoms with Crippen molar-refractivity contribution in [1.29, 1.82) is 0 Å². The molecule has 4 heteroatoms. The van der Waals surface area contributed by atoms with E-state index >= 15 is 0 Å². The quantitative estimate of drug-likeness (QED) is 0.419. The summed E-state index contributed by atoms with van der Waals surface area (Å²) in [6.07, 6.45) is 1.22. The number of aliphatic hydroxyl groups is 1. The normalized spacial score (nSPS) is 14.2. The Labute approximate surface area is 76.5 Å². The first-order chi connectivity index (χ1) is 6.24. The molecule has 0 aliphatic carbocycles. The third kappa shape index (κ3) is 2.83. The zero-order valence-corrected chi connectivity index (χ0v) is 7.38. The van der Waals surface area contributed by atoms with E-state index in [1.807, 2.05) is 0 Å². The minimum absolute atomic E-state index is 0.299. The monoisotopic (exact) mass is 180 g/mol. The Morgan fingerprint density at radius 2 is 2.38 bits per heavy atom. The van der Waals surface area contributed by atoms with Crippen molar-refractivity contribution in [2.75, 3.05) is 0 Å². The lowest BCUT2D eigenvalue weighted by molar-refractivity contribution is 0.179. The van der Waals surface area contributed by atoms with Gasteiger partial charge in [0, 0.05) is 12.6 Å². The molecule has 0 saturated heterocycles. The minimum atomic E-state index is -0.697. The highest BCUT2D eigenvalue weighted by molar-refractivity contribution is 5.81. The van der Waals surface area contributed by atoms with Crippen molar-refractivity contribution in [3.8, 4) is 0 Å². The zero-order chi connectivity index (χ0) is 9.68. The maximum Gasteiger partial charge on any atom is 0.101 e. The van der Waals surface area contributed by atoms with Gasteiger partial charge in [0.05, 0.1) is 11.4 Å². The second kappa shape index (κ2) is 4.57. The predicted molar refractivity (Wildman–Crippen MR) is 48.7 cm³/mol. The number of oxime groups is 1. The number of aromatic nitrogens is 1. The van der Waals surface area contributed by atoms with Gasteiger partial charge in [-0.15, -0.1) is 0 Å². The largest absolute Gasteiger partial charge is 0.411 e. The summed E-state index contributed by atoms with van der Waals surface area (Å²) in [4.78, 5) is 3.98. The Hall–Kier alpha value is -1.42. The van der Waals surface area contributed by atoms with Crippen LogP contribution in [0.4, 0.5) is 0 Å². The molecule has 1 rings (SSSR count). The van der Waals surface area contributed by atoms with E-state index in [9.17, 15) is 5.11 Å². The lowest BCUT2D eigenvalue weighted by atomic mass is 10.1. The third-order valence-corrected chi connectivity index (χ3v) is 1.69. The van der Waals surface area contributed by atoms with Crippen LogP contribution in [0.2, 0.25) is 0 Å². The minimum Gasteiger partial charge on any atom is -0.411 e. The van der Waals surface area contributed by atoms with Gasteiger partial charge in [0.25, 0.3) is 0 Å². The maximum atomic E-state index is 9.57. The van der Waals surface area contributed by atoms with E-state index in [2.05, 4.69) is 10.1 Å². The van der Waals surface area contributed by atoms with E-state index in [0.717, 1.165) is 0 Å². The summed E-state index contributed by atoms with van der Waals surface area (Å²) in [7, 11) is 0. The molecule has 0 aromatic carbocycles. The van der Waals surface area contributed by atoms with Crippen LogP contribution in [0.3, 0.4) is 0 Å². The number of pyridine rings is 1. The molecule has 0 unspecified atom stereocenters. The third-order valence-electron chi connectivity index (χ3n) is 1.69. The van der Waals surface area contributed by atoms with Crippen molar-refractivity contribution in [3.63, 3.8) is 0 Å². The van der Waals surface area contributed by atoms with Crippen molar-refractivity contribution in [3.05, 3.63) is 30.1 Å². The molecule has 0 saturated carbocycles. The van der Waals surface area contributed by atoms with Crippen LogP contribution in [0.25, 0.3) is 0 Å². The summed E-state index contributed by atoms with van der Waals surface area (Å²) < 4.78 is 0. The van der Waals surface area contributed by atoms with Gasteiger partial charge in [0.15, 0.2) is 0 Å². The Morgan fingerprint density at radius 3 is 2.92 bits per heavy atom. The average molecular weight is 180 g/mol. The molecule has 0 aliphatic rings. The molecule has 1 heterocycles. The van der Waals surface area contributed by atoms with Crippen molar-refractivity contribution < 1.29 is 10.3 Å². The highest BCUT2D eigenvalue weighted by Crippen LogP contribution is 2.13. The van der Waals surface area contributed by atoms with Gasteiger partial charge in [-0.25, -0.2) is 0 Å². The number of aliphatic hydroxyl groups excluding tert-OH is 1. The highest BCUT2D eigenvalue weighted by atomic mass is 16.4. The molecule has 13 heavy (non-hydrogen) atoms. The van der Waals surface area contributed by atoms with Gasteiger partial charge in [-0.1, -0.05) is 11.2 Å². The number of nitrogens with zero attached hydrogens (tertiary/aromatic N) is 2. The van der Waals surface area contributed by atoms with Gasteiger partial charge in [-0.2, -0.15) is 0 Å². The fraction of sp³-hybridized carbons (Fsp3) is 0.333. The van der Waals surface area contributed by atoms with Gasteiger partial charge in [-0.3, -0.25) is 4.98 Å². The number of hydrogen-bond donors (Lipinski definition) is 2. The number of rotatable bonds is 3. The molecular weight excluding hydrogens is 168 g/mol. The van der Waals surface area contributed by atoms with E-state index in [1.165, 1.54) is 0 Å². The van der Waals surface area contributed by atoms with Crippen LogP contribution in [-0.4, -0.2) is 21.0 Å². The van der Waals surface area contributed by atoms with Crippen LogP contribution in [-0.2, 0) is 0 Å². The summed E-state index contributed by atoms with van der Waals surface area (Å²) >= 11 is 0. The zero-order valence-electron chi connectivity index (χ0n) is 7.38. The van der Waals surface area contributed by atoms with Gasteiger partial charge in [0.2, 0.25) is 0 Å². The van der Waals surface area contributed by atoms with E-state index in [4.69, 9.17) is 5.21 Å². The second-order valence-corrected chi connectivity index (χ2v) is 2.81. The standard InChI is InChI=1S/C9H12N2O2/c1-7(11-13)6-9(12)8-4-2-3-5-10-8/h2-5,9,12-13H,6H2,1H3/b11-7-/t9-/m1/s1. The van der Waals surface area contributed by atoms with E-state index in [1.54, 1.807) is 31.3 Å². The highest BCUT2D eigenvalue weighted by Gasteiger charge is 2.09. The van der Waals surface area contributed by atoms with Crippen molar-refractivity contribution in [2.45, 2.75) is 19.4 Å². The van der Waals surface area contributed by atoms with Crippen LogP contribution >= 0.6 is 0 Å². The fourth-order valence-corrected chi connectivity index (χ4v) is 0.998. The van der Waals surface area contributed by atoms with E-state index in [0.29, 0.717) is 17.8 Å². The number of hydrogen-bond acceptors (Lipinski definition) is 4. The first kappa shape index (κ1) is 9.67. The first-order valence-electron chi connectivity index (χ1n) is 4.00. The van der Waals surface area contributed by atoms with Crippen LogP contribution in [0.1, 0.15) is 25.1 Å². The average Bonchev–Trinajstić information content (AvgIpc) is 2.19. The van der Waals surface area contributed by atoms with Gasteiger partial charge >= 0.3 is 0 Å². The molecule has 0 fully saturated rings. The topological polar surface area (TPSA) is 65.7 Å². The Bertz CT molecular complexity index is 285. The smallest absolute Gasteiger partial charge is 0.101 e. The molecule has 1 aromatic heterocycles. The molecule has 0 spiro atoms. The molecule has 4 nitrogen and oxygen atoms in total. The molecule has 0 aliphatic heterocycles. The summed E-state index contributed by atoms with van der Waals surface area (Å²) in [5.74, 6) is 0. The predicted octanol–water partition coefficient (Wildman–Crippen LogP) is 1.36. The van der Waals surface area contributed by atoms with E-state index in [-0.39, 0.29) is 0 Å². The summed E-state index contributed by atoms with van der Waals surface area (Å²) in [5, 5.41) is 20.9. The molecule has 1 aromatic rings. The Morgan fingerprint density at radius 1 is 1.62 bits per heavy atom. The molecule has 0 amide bonds. The second-order valence-electron chi connectivity index (χ2n) is 2.81. The van der Waals surface area contributed by atoms with Gasteiger partial charge < -0.3 is 10.3 Å². The summed E-state index contributed by atoms with van der Waals surface area (Å²) in [6.45, 7) is 1.64. The SMILES string of the molecule is C/C(C[C@@H](O)c1ccccn1)=N/O. The van der Waals surface area contributed by atoms with Gasteiger partial charge in [0.1, 0.15) is 6.10 Å². The lowest BCUT2D eigenvalue weighted by Crippen LogP contribution is -2.05. The Balaban J connectivity index is 2.64. The lowest BCUT2D eigenvalue weighted by Gasteiger charge is -2.07. The van der Waals surface area contributed by atoms with Crippen LogP contribution < -0.4 is 0 Å². The van der Waals surface area contributed by atoms with Crippen LogP contribution in [0, 0.1) is 0 Å².